The van der Waals surface area contributed by atoms with Crippen LogP contribution < -0.4 is 0 Å². The van der Waals surface area contributed by atoms with E-state index in [0.717, 1.165) is 38.3 Å². The van der Waals surface area contributed by atoms with Gasteiger partial charge >= 0.3 is 0 Å². The molecule has 0 spiro atoms. The predicted octanol–water partition coefficient (Wildman–Crippen LogP) is 0.887. The Bertz CT molecular complexity index is 480. The zero-order valence-electron chi connectivity index (χ0n) is 12.3. The molecule has 2 atom stereocenters. The van der Waals surface area contributed by atoms with Gasteiger partial charge < -0.3 is 10.0 Å². The van der Waals surface area contributed by atoms with Crippen LogP contribution in [0.5, 0.6) is 0 Å². The van der Waals surface area contributed by atoms with Crippen molar-refractivity contribution in [3.05, 3.63) is 30.1 Å². The van der Waals surface area contributed by atoms with E-state index < -0.39 is 0 Å². The van der Waals surface area contributed by atoms with Crippen LogP contribution in [0.1, 0.15) is 25.0 Å². The molecule has 2 bridgehead atoms. The lowest BCUT2D eigenvalue weighted by Crippen LogP contribution is -2.44. The second-order valence-electron chi connectivity index (χ2n) is 6.12. The highest BCUT2D eigenvalue weighted by molar-refractivity contribution is 5.76. The van der Waals surface area contributed by atoms with Gasteiger partial charge in [0.1, 0.15) is 0 Å². The van der Waals surface area contributed by atoms with E-state index in [1.54, 1.807) is 0 Å². The lowest BCUT2D eigenvalue weighted by atomic mass is 9.95. The van der Waals surface area contributed by atoms with Crippen molar-refractivity contribution in [3.63, 3.8) is 0 Å². The fourth-order valence-corrected chi connectivity index (χ4v) is 3.53. The maximum absolute atomic E-state index is 12.1. The number of carbonyl (C=O) groups is 1. The number of piperidine rings is 1. The molecule has 5 nitrogen and oxygen atoms in total. The van der Waals surface area contributed by atoms with Crippen molar-refractivity contribution < 1.29 is 9.90 Å². The van der Waals surface area contributed by atoms with E-state index in [0.29, 0.717) is 12.0 Å². The molecule has 0 radical (unpaired) electrons. The number of hydrogen-bond donors (Lipinski definition) is 1. The Hall–Kier alpha value is -1.46. The fraction of sp³-hybridized carbons (Fsp3) is 0.625. The summed E-state index contributed by atoms with van der Waals surface area (Å²) in [4.78, 5) is 20.9. The first-order valence-electron chi connectivity index (χ1n) is 7.79. The quantitative estimate of drug-likeness (QED) is 0.894. The topological polar surface area (TPSA) is 56.7 Å². The van der Waals surface area contributed by atoms with Crippen LogP contribution >= 0.6 is 0 Å². The van der Waals surface area contributed by atoms with E-state index in [9.17, 15) is 4.79 Å². The first-order valence-corrected chi connectivity index (χ1v) is 7.79. The molecule has 0 unspecified atom stereocenters. The lowest BCUT2D eigenvalue weighted by molar-refractivity contribution is -0.132. The maximum Gasteiger partial charge on any atom is 0.224 e. The summed E-state index contributed by atoms with van der Waals surface area (Å²) in [5.74, 6) is 0.643. The third kappa shape index (κ3) is 3.41. The number of aliphatic hydroxyl groups excluding tert-OH is 1. The number of rotatable bonds is 4. The average molecular weight is 289 g/mol. The lowest BCUT2D eigenvalue weighted by Gasteiger charge is -2.35. The van der Waals surface area contributed by atoms with Crippen LogP contribution in [0.15, 0.2) is 24.4 Å². The molecule has 3 aliphatic heterocycles. The van der Waals surface area contributed by atoms with E-state index in [2.05, 4.69) is 16.0 Å². The number of carbonyl (C=O) groups excluding carboxylic acids is 1. The average Bonchev–Trinajstić information content (AvgIpc) is 2.80. The highest BCUT2D eigenvalue weighted by Crippen LogP contribution is 2.29. The van der Waals surface area contributed by atoms with Crippen molar-refractivity contribution in [1.29, 1.82) is 0 Å². The minimum Gasteiger partial charge on any atom is -0.396 e. The Morgan fingerprint density at radius 3 is 2.95 bits per heavy atom. The van der Waals surface area contributed by atoms with Gasteiger partial charge in [-0.05, 0) is 30.9 Å². The highest BCUT2D eigenvalue weighted by Gasteiger charge is 2.36. The maximum atomic E-state index is 12.1. The van der Waals surface area contributed by atoms with Crippen LogP contribution in [-0.4, -0.2) is 58.1 Å². The fourth-order valence-electron chi connectivity index (χ4n) is 3.53. The van der Waals surface area contributed by atoms with E-state index in [1.807, 2.05) is 23.2 Å². The molecule has 1 aromatic rings. The third-order valence-electron chi connectivity index (χ3n) is 4.60. The minimum absolute atomic E-state index is 0.0533. The van der Waals surface area contributed by atoms with Gasteiger partial charge in [0.15, 0.2) is 0 Å². The summed E-state index contributed by atoms with van der Waals surface area (Å²) in [6.07, 6.45) is 4.44. The Morgan fingerprint density at radius 2 is 2.19 bits per heavy atom. The van der Waals surface area contributed by atoms with Gasteiger partial charge in [-0.3, -0.25) is 14.7 Å². The second-order valence-corrected chi connectivity index (χ2v) is 6.12. The van der Waals surface area contributed by atoms with Gasteiger partial charge in [0.2, 0.25) is 5.91 Å². The molecular weight excluding hydrogens is 266 g/mol. The number of pyridine rings is 1. The van der Waals surface area contributed by atoms with Gasteiger partial charge in [-0.1, -0.05) is 6.07 Å². The Kier molecular flexibility index (Phi) is 4.51. The van der Waals surface area contributed by atoms with Crippen molar-refractivity contribution in [3.8, 4) is 0 Å². The van der Waals surface area contributed by atoms with Gasteiger partial charge in [0.05, 0.1) is 12.3 Å². The molecule has 4 heterocycles. The van der Waals surface area contributed by atoms with Crippen LogP contribution in [0.2, 0.25) is 0 Å². The van der Waals surface area contributed by atoms with Crippen LogP contribution in [-0.2, 0) is 11.3 Å². The zero-order valence-corrected chi connectivity index (χ0v) is 12.3. The van der Waals surface area contributed by atoms with Gasteiger partial charge in [-0.2, -0.15) is 0 Å². The van der Waals surface area contributed by atoms with Crippen LogP contribution in [0.3, 0.4) is 0 Å². The standard InChI is InChI=1S/C16H23N3O2/c20-8-6-16(21)19-10-13-4-5-15(12-19)18(9-13)11-14-3-1-2-7-17-14/h1-3,7,13,15,20H,4-6,8-12H2/t13-,15-/m0/s1. The van der Waals surface area contributed by atoms with E-state index in [1.165, 1.54) is 6.42 Å². The van der Waals surface area contributed by atoms with Crippen LogP contribution in [0, 0.1) is 5.92 Å². The van der Waals surface area contributed by atoms with Crippen molar-refractivity contribution >= 4 is 5.91 Å². The Balaban J connectivity index is 1.68. The first-order chi connectivity index (χ1) is 10.3. The molecule has 0 aliphatic carbocycles. The number of aromatic nitrogens is 1. The summed E-state index contributed by atoms with van der Waals surface area (Å²) < 4.78 is 0. The second kappa shape index (κ2) is 6.54. The van der Waals surface area contributed by atoms with E-state index >= 15 is 0 Å². The summed E-state index contributed by atoms with van der Waals surface area (Å²) in [5, 5.41) is 8.97. The molecule has 5 heteroatoms. The normalized spacial score (nSPS) is 25.9. The van der Waals surface area contributed by atoms with Gasteiger partial charge in [-0.25, -0.2) is 0 Å². The van der Waals surface area contributed by atoms with E-state index in [4.69, 9.17) is 5.11 Å². The Labute approximate surface area is 125 Å². The molecule has 114 valence electrons. The Morgan fingerprint density at radius 1 is 1.29 bits per heavy atom. The molecule has 0 aromatic carbocycles. The highest BCUT2D eigenvalue weighted by atomic mass is 16.3. The molecule has 1 aromatic heterocycles. The number of hydrogen-bond acceptors (Lipinski definition) is 4. The van der Waals surface area contributed by atoms with Crippen molar-refractivity contribution in [2.24, 2.45) is 5.92 Å². The van der Waals surface area contributed by atoms with Crippen molar-refractivity contribution in [2.75, 3.05) is 26.2 Å². The molecule has 3 fully saturated rings. The first kappa shape index (κ1) is 14.5. The number of nitrogens with zero attached hydrogens (tertiary/aromatic N) is 3. The summed E-state index contributed by atoms with van der Waals surface area (Å²) in [6, 6.07) is 6.45. The predicted molar refractivity (Wildman–Crippen MR) is 79.4 cm³/mol. The number of fused-ring (bicyclic) bond motifs is 4. The van der Waals surface area contributed by atoms with Gasteiger partial charge in [0, 0.05) is 44.8 Å². The molecular formula is C16H23N3O2. The van der Waals surface area contributed by atoms with Crippen LogP contribution in [0.4, 0.5) is 0 Å². The molecule has 3 saturated heterocycles. The molecule has 3 aliphatic rings. The van der Waals surface area contributed by atoms with Gasteiger partial charge in [-0.15, -0.1) is 0 Å². The van der Waals surface area contributed by atoms with Crippen molar-refractivity contribution in [2.45, 2.75) is 31.8 Å². The largest absolute Gasteiger partial charge is 0.396 e. The SMILES string of the molecule is O=C(CCO)N1C[C@H]2CC[C@@H](C1)N(Cc1ccccn1)C2. The molecule has 1 amide bonds. The number of aliphatic hydroxyl groups is 1. The molecule has 4 rings (SSSR count). The summed E-state index contributed by atoms with van der Waals surface area (Å²) >= 11 is 0. The minimum atomic E-state index is -0.0533. The summed E-state index contributed by atoms with van der Waals surface area (Å²) in [7, 11) is 0. The van der Waals surface area contributed by atoms with Crippen molar-refractivity contribution in [1.82, 2.24) is 14.8 Å². The third-order valence-corrected chi connectivity index (χ3v) is 4.60. The molecule has 0 saturated carbocycles. The molecule has 1 N–H and O–H groups in total. The number of amides is 1. The zero-order chi connectivity index (χ0) is 14.7. The van der Waals surface area contributed by atoms with Crippen LogP contribution in [0.25, 0.3) is 0 Å². The van der Waals surface area contributed by atoms with Gasteiger partial charge in [0.25, 0.3) is 0 Å². The smallest absolute Gasteiger partial charge is 0.224 e. The molecule has 21 heavy (non-hydrogen) atoms. The summed E-state index contributed by atoms with van der Waals surface area (Å²) in [5.41, 5.74) is 1.10. The van der Waals surface area contributed by atoms with E-state index in [-0.39, 0.29) is 18.9 Å². The summed E-state index contributed by atoms with van der Waals surface area (Å²) in [6.45, 7) is 3.49. The monoisotopic (exact) mass is 289 g/mol.